The van der Waals surface area contributed by atoms with Gasteiger partial charge in [0.1, 0.15) is 11.6 Å². The Morgan fingerprint density at radius 3 is 2.22 bits per heavy atom. The maximum atomic E-state index is 13.4. The number of hydrogen-bond acceptors (Lipinski definition) is 2. The second-order valence-electron chi connectivity index (χ2n) is 3.88. The summed E-state index contributed by atoms with van der Waals surface area (Å²) in [7, 11) is 0. The Kier molecular flexibility index (Phi) is 4.33. The van der Waals surface area contributed by atoms with Crippen LogP contribution in [0.2, 0.25) is 0 Å². The number of rotatable bonds is 4. The van der Waals surface area contributed by atoms with E-state index in [4.69, 9.17) is 5.73 Å². The third-order valence-corrected chi connectivity index (χ3v) is 3.67. The van der Waals surface area contributed by atoms with Crippen molar-refractivity contribution in [3.05, 3.63) is 65.2 Å². The Balaban J connectivity index is 2.02. The standard InChI is InChI=1S/C14H13F2NS/c15-12-5-6-14(13(16)7-12)18-9-11-3-1-10(8-17)2-4-11/h1-7H,8-9,17H2. The molecule has 2 aromatic rings. The average Bonchev–Trinajstić information content (AvgIpc) is 2.38. The Hall–Kier alpha value is -1.39. The summed E-state index contributed by atoms with van der Waals surface area (Å²) in [6, 6.07) is 11.5. The van der Waals surface area contributed by atoms with Crippen LogP contribution < -0.4 is 5.73 Å². The van der Waals surface area contributed by atoms with Gasteiger partial charge < -0.3 is 5.73 Å². The fraction of sp³-hybridized carbons (Fsp3) is 0.143. The molecule has 0 radical (unpaired) electrons. The van der Waals surface area contributed by atoms with E-state index in [2.05, 4.69) is 0 Å². The molecule has 0 atom stereocenters. The molecular formula is C14H13F2NS. The van der Waals surface area contributed by atoms with Gasteiger partial charge in [-0.05, 0) is 23.3 Å². The smallest absolute Gasteiger partial charge is 0.139 e. The van der Waals surface area contributed by atoms with Crippen LogP contribution >= 0.6 is 11.8 Å². The molecule has 2 aromatic carbocycles. The molecular weight excluding hydrogens is 252 g/mol. The summed E-state index contributed by atoms with van der Waals surface area (Å²) in [5.74, 6) is -0.421. The Bertz CT molecular complexity index is 526. The summed E-state index contributed by atoms with van der Waals surface area (Å²) < 4.78 is 26.1. The van der Waals surface area contributed by atoms with Crippen LogP contribution in [-0.4, -0.2) is 0 Å². The molecule has 0 saturated carbocycles. The third-order valence-electron chi connectivity index (χ3n) is 2.55. The zero-order chi connectivity index (χ0) is 13.0. The molecule has 2 N–H and O–H groups in total. The molecule has 1 nitrogen and oxygen atoms in total. The van der Waals surface area contributed by atoms with Crippen LogP contribution in [-0.2, 0) is 12.3 Å². The molecule has 0 heterocycles. The van der Waals surface area contributed by atoms with E-state index in [0.29, 0.717) is 17.2 Å². The molecule has 4 heteroatoms. The zero-order valence-electron chi connectivity index (χ0n) is 9.70. The second-order valence-corrected chi connectivity index (χ2v) is 4.90. The van der Waals surface area contributed by atoms with Gasteiger partial charge in [0, 0.05) is 23.3 Å². The minimum absolute atomic E-state index is 0.458. The summed E-state index contributed by atoms with van der Waals surface area (Å²) in [5, 5.41) is 0. The highest BCUT2D eigenvalue weighted by atomic mass is 32.2. The lowest BCUT2D eigenvalue weighted by molar-refractivity contribution is 0.565. The lowest BCUT2D eigenvalue weighted by Gasteiger charge is -2.04. The number of thioether (sulfide) groups is 1. The highest BCUT2D eigenvalue weighted by Crippen LogP contribution is 2.26. The van der Waals surface area contributed by atoms with E-state index in [-0.39, 0.29) is 0 Å². The summed E-state index contributed by atoms with van der Waals surface area (Å²) in [6.45, 7) is 0.514. The predicted molar refractivity (Wildman–Crippen MR) is 70.3 cm³/mol. The van der Waals surface area contributed by atoms with Gasteiger partial charge in [0.2, 0.25) is 0 Å². The minimum Gasteiger partial charge on any atom is -0.326 e. The van der Waals surface area contributed by atoms with Gasteiger partial charge >= 0.3 is 0 Å². The topological polar surface area (TPSA) is 26.0 Å². The fourth-order valence-corrected chi connectivity index (χ4v) is 2.40. The van der Waals surface area contributed by atoms with Gasteiger partial charge in [-0.3, -0.25) is 0 Å². The van der Waals surface area contributed by atoms with Crippen molar-refractivity contribution in [1.29, 1.82) is 0 Å². The van der Waals surface area contributed by atoms with Gasteiger partial charge in [0.15, 0.2) is 0 Å². The molecule has 0 amide bonds. The molecule has 0 unspecified atom stereocenters. The molecule has 0 fully saturated rings. The van der Waals surface area contributed by atoms with Crippen molar-refractivity contribution in [2.24, 2.45) is 5.73 Å². The fourth-order valence-electron chi connectivity index (χ4n) is 1.52. The lowest BCUT2D eigenvalue weighted by atomic mass is 10.1. The maximum absolute atomic E-state index is 13.4. The van der Waals surface area contributed by atoms with Crippen LogP contribution in [0.4, 0.5) is 8.78 Å². The highest BCUT2D eigenvalue weighted by molar-refractivity contribution is 7.98. The molecule has 0 saturated heterocycles. The molecule has 94 valence electrons. The molecule has 0 aromatic heterocycles. The largest absolute Gasteiger partial charge is 0.326 e. The minimum atomic E-state index is -0.552. The number of benzene rings is 2. The molecule has 0 aliphatic carbocycles. The van der Waals surface area contributed by atoms with Crippen molar-refractivity contribution in [2.75, 3.05) is 0 Å². The Morgan fingerprint density at radius 1 is 0.944 bits per heavy atom. The van der Waals surface area contributed by atoms with Crippen LogP contribution in [0.25, 0.3) is 0 Å². The maximum Gasteiger partial charge on any atom is 0.139 e. The number of nitrogens with two attached hydrogens (primary N) is 1. The molecule has 18 heavy (non-hydrogen) atoms. The summed E-state index contributed by atoms with van der Waals surface area (Å²) >= 11 is 1.35. The van der Waals surface area contributed by atoms with E-state index in [9.17, 15) is 8.78 Å². The number of halogens is 2. The van der Waals surface area contributed by atoms with Gasteiger partial charge in [-0.1, -0.05) is 24.3 Å². The Labute approximate surface area is 109 Å². The quantitative estimate of drug-likeness (QED) is 0.853. The second kappa shape index (κ2) is 5.98. The van der Waals surface area contributed by atoms with Crippen LogP contribution in [0.5, 0.6) is 0 Å². The van der Waals surface area contributed by atoms with Crippen molar-refractivity contribution in [3.8, 4) is 0 Å². The van der Waals surface area contributed by atoms with Crippen LogP contribution in [0.3, 0.4) is 0 Å². The molecule has 2 rings (SSSR count). The first kappa shape index (κ1) is 13.1. The van der Waals surface area contributed by atoms with Crippen molar-refractivity contribution < 1.29 is 8.78 Å². The average molecular weight is 265 g/mol. The van der Waals surface area contributed by atoms with E-state index in [1.54, 1.807) is 0 Å². The van der Waals surface area contributed by atoms with Gasteiger partial charge in [0.25, 0.3) is 0 Å². The first-order valence-electron chi connectivity index (χ1n) is 5.55. The van der Waals surface area contributed by atoms with E-state index in [1.807, 2.05) is 24.3 Å². The molecule has 0 aliphatic rings. The molecule has 0 spiro atoms. The summed E-state index contributed by atoms with van der Waals surface area (Å²) in [5.41, 5.74) is 7.66. The van der Waals surface area contributed by atoms with E-state index in [1.165, 1.54) is 23.9 Å². The highest BCUT2D eigenvalue weighted by Gasteiger charge is 2.04. The normalized spacial score (nSPS) is 10.6. The SMILES string of the molecule is NCc1ccc(CSc2ccc(F)cc2F)cc1. The van der Waals surface area contributed by atoms with Gasteiger partial charge in [-0.25, -0.2) is 8.78 Å². The van der Waals surface area contributed by atoms with Crippen molar-refractivity contribution in [1.82, 2.24) is 0 Å². The van der Waals surface area contributed by atoms with E-state index >= 15 is 0 Å². The van der Waals surface area contributed by atoms with Crippen molar-refractivity contribution in [2.45, 2.75) is 17.2 Å². The van der Waals surface area contributed by atoms with Crippen molar-refractivity contribution in [3.63, 3.8) is 0 Å². The van der Waals surface area contributed by atoms with Gasteiger partial charge in [-0.15, -0.1) is 11.8 Å². The number of hydrogen-bond donors (Lipinski definition) is 1. The summed E-state index contributed by atoms with van der Waals surface area (Å²) in [6.07, 6.45) is 0. The first-order chi connectivity index (χ1) is 8.69. The third kappa shape index (κ3) is 3.31. The summed E-state index contributed by atoms with van der Waals surface area (Å²) in [4.78, 5) is 0.458. The van der Waals surface area contributed by atoms with Gasteiger partial charge in [0.05, 0.1) is 0 Å². The first-order valence-corrected chi connectivity index (χ1v) is 6.53. The zero-order valence-corrected chi connectivity index (χ0v) is 10.5. The van der Waals surface area contributed by atoms with Crippen LogP contribution in [0, 0.1) is 11.6 Å². The Morgan fingerprint density at radius 2 is 1.61 bits per heavy atom. The lowest BCUT2D eigenvalue weighted by Crippen LogP contribution is -1.95. The predicted octanol–water partition coefficient (Wildman–Crippen LogP) is 3.72. The van der Waals surface area contributed by atoms with Crippen LogP contribution in [0.15, 0.2) is 47.4 Å². The van der Waals surface area contributed by atoms with E-state index < -0.39 is 11.6 Å². The van der Waals surface area contributed by atoms with Gasteiger partial charge in [-0.2, -0.15) is 0 Å². The van der Waals surface area contributed by atoms with Crippen LogP contribution in [0.1, 0.15) is 11.1 Å². The van der Waals surface area contributed by atoms with Crippen molar-refractivity contribution >= 4 is 11.8 Å². The molecule has 0 bridgehead atoms. The molecule has 0 aliphatic heterocycles. The van der Waals surface area contributed by atoms with E-state index in [0.717, 1.165) is 17.2 Å². The monoisotopic (exact) mass is 265 g/mol.